The summed E-state index contributed by atoms with van der Waals surface area (Å²) in [7, 11) is 0. The summed E-state index contributed by atoms with van der Waals surface area (Å²) in [6, 6.07) is -0.356. The molecule has 2 N–H and O–H groups in total. The van der Waals surface area contributed by atoms with E-state index >= 15 is 0 Å². The van der Waals surface area contributed by atoms with Gasteiger partial charge < -0.3 is 15.4 Å². The fourth-order valence-electron chi connectivity index (χ4n) is 2.05. The standard InChI is InChI=1S/C12H24N2O2S.ClH/c1-4-10-8-14(7-9(2)16-10)12(15)11(13)5-6-17-3;/h9-11H,4-8,13H2,1-3H3;1H/t9?,10?,11-;/m0./s1. The molecule has 6 heteroatoms. The molecular formula is C12H25ClN2O2S. The lowest BCUT2D eigenvalue weighted by molar-refractivity contribution is -0.145. The van der Waals surface area contributed by atoms with Crippen molar-refractivity contribution in [1.29, 1.82) is 0 Å². The van der Waals surface area contributed by atoms with Crippen LogP contribution in [-0.4, -0.2) is 54.2 Å². The molecule has 0 radical (unpaired) electrons. The van der Waals surface area contributed by atoms with Crippen LogP contribution in [0.5, 0.6) is 0 Å². The Morgan fingerprint density at radius 1 is 1.56 bits per heavy atom. The van der Waals surface area contributed by atoms with Gasteiger partial charge in [0.05, 0.1) is 18.2 Å². The van der Waals surface area contributed by atoms with Crippen molar-refractivity contribution in [1.82, 2.24) is 4.90 Å². The number of rotatable bonds is 5. The van der Waals surface area contributed by atoms with Crippen molar-refractivity contribution >= 4 is 30.1 Å². The first-order valence-corrected chi connectivity index (χ1v) is 7.66. The number of hydrogen-bond acceptors (Lipinski definition) is 4. The number of halogens is 1. The quantitative estimate of drug-likeness (QED) is 0.836. The van der Waals surface area contributed by atoms with Gasteiger partial charge in [0.25, 0.3) is 0 Å². The van der Waals surface area contributed by atoms with E-state index in [1.807, 2.05) is 18.1 Å². The Labute approximate surface area is 120 Å². The molecule has 0 bridgehead atoms. The molecule has 0 aliphatic carbocycles. The molecule has 1 heterocycles. The van der Waals surface area contributed by atoms with Gasteiger partial charge in [0.1, 0.15) is 0 Å². The number of carbonyl (C=O) groups is 1. The second-order valence-electron chi connectivity index (χ2n) is 4.61. The van der Waals surface area contributed by atoms with Crippen LogP contribution in [0.4, 0.5) is 0 Å². The van der Waals surface area contributed by atoms with Crippen LogP contribution in [0.3, 0.4) is 0 Å². The zero-order chi connectivity index (χ0) is 12.8. The van der Waals surface area contributed by atoms with Crippen molar-refractivity contribution in [3.63, 3.8) is 0 Å². The van der Waals surface area contributed by atoms with Gasteiger partial charge in [-0.25, -0.2) is 0 Å². The maximum atomic E-state index is 12.1. The monoisotopic (exact) mass is 296 g/mol. The van der Waals surface area contributed by atoms with Crippen molar-refractivity contribution in [2.24, 2.45) is 5.73 Å². The average molecular weight is 297 g/mol. The van der Waals surface area contributed by atoms with Gasteiger partial charge in [0.2, 0.25) is 5.91 Å². The van der Waals surface area contributed by atoms with E-state index in [1.165, 1.54) is 0 Å². The molecule has 0 aromatic rings. The first kappa shape index (κ1) is 18.0. The van der Waals surface area contributed by atoms with Gasteiger partial charge in [-0.1, -0.05) is 6.92 Å². The Kier molecular flexibility index (Phi) is 9.03. The summed E-state index contributed by atoms with van der Waals surface area (Å²) >= 11 is 1.72. The lowest BCUT2D eigenvalue weighted by atomic mass is 10.1. The summed E-state index contributed by atoms with van der Waals surface area (Å²) in [4.78, 5) is 14.0. The highest BCUT2D eigenvalue weighted by Crippen LogP contribution is 2.15. The van der Waals surface area contributed by atoms with Gasteiger partial charge in [0, 0.05) is 13.1 Å². The fraction of sp³-hybridized carbons (Fsp3) is 0.917. The van der Waals surface area contributed by atoms with Crippen LogP contribution in [0.15, 0.2) is 0 Å². The minimum absolute atomic E-state index is 0. The maximum absolute atomic E-state index is 12.1. The second kappa shape index (κ2) is 9.02. The molecule has 1 fully saturated rings. The van der Waals surface area contributed by atoms with Gasteiger partial charge in [-0.2, -0.15) is 11.8 Å². The van der Waals surface area contributed by atoms with E-state index in [2.05, 4.69) is 6.92 Å². The summed E-state index contributed by atoms with van der Waals surface area (Å²) in [5.74, 6) is 1.01. The van der Waals surface area contributed by atoms with Crippen molar-refractivity contribution in [2.45, 2.75) is 44.9 Å². The minimum Gasteiger partial charge on any atom is -0.372 e. The summed E-state index contributed by atoms with van der Waals surface area (Å²) in [6.07, 6.45) is 4.00. The van der Waals surface area contributed by atoms with Gasteiger partial charge in [0.15, 0.2) is 0 Å². The molecule has 0 spiro atoms. The Bertz CT molecular complexity index is 256. The Balaban J connectivity index is 0.00000289. The Hall–Kier alpha value is 0.0300. The maximum Gasteiger partial charge on any atom is 0.239 e. The molecule has 2 unspecified atom stereocenters. The van der Waals surface area contributed by atoms with Crippen molar-refractivity contribution in [2.75, 3.05) is 25.1 Å². The third kappa shape index (κ3) is 5.34. The predicted octanol–water partition coefficient (Wildman–Crippen LogP) is 1.51. The van der Waals surface area contributed by atoms with E-state index in [4.69, 9.17) is 10.5 Å². The summed E-state index contributed by atoms with van der Waals surface area (Å²) in [5.41, 5.74) is 5.92. The molecule has 4 nitrogen and oxygen atoms in total. The Morgan fingerprint density at radius 3 is 2.78 bits per heavy atom. The predicted molar refractivity (Wildman–Crippen MR) is 79.4 cm³/mol. The van der Waals surface area contributed by atoms with E-state index in [-0.39, 0.29) is 36.6 Å². The lowest BCUT2D eigenvalue weighted by Crippen LogP contribution is -2.53. The second-order valence-corrected chi connectivity index (χ2v) is 5.59. The first-order valence-electron chi connectivity index (χ1n) is 6.27. The zero-order valence-corrected chi connectivity index (χ0v) is 13.1. The number of nitrogens with two attached hydrogens (primary N) is 1. The molecule has 0 aromatic carbocycles. The van der Waals surface area contributed by atoms with Crippen molar-refractivity contribution < 1.29 is 9.53 Å². The first-order chi connectivity index (χ1) is 8.08. The van der Waals surface area contributed by atoms with Crippen molar-refractivity contribution in [3.8, 4) is 0 Å². The van der Waals surface area contributed by atoms with Gasteiger partial charge in [-0.15, -0.1) is 12.4 Å². The number of thioether (sulfide) groups is 1. The van der Waals surface area contributed by atoms with Crippen LogP contribution < -0.4 is 5.73 Å². The van der Waals surface area contributed by atoms with E-state index in [0.29, 0.717) is 13.1 Å². The highest BCUT2D eigenvalue weighted by atomic mass is 35.5. The van der Waals surface area contributed by atoms with E-state index < -0.39 is 0 Å². The molecule has 1 aliphatic heterocycles. The molecule has 3 atom stereocenters. The summed E-state index contributed by atoms with van der Waals surface area (Å²) in [6.45, 7) is 5.45. The smallest absolute Gasteiger partial charge is 0.239 e. The van der Waals surface area contributed by atoms with Crippen LogP contribution >= 0.6 is 24.2 Å². The number of carbonyl (C=O) groups excluding carboxylic acids is 1. The topological polar surface area (TPSA) is 55.6 Å². The lowest BCUT2D eigenvalue weighted by Gasteiger charge is -2.37. The molecule has 108 valence electrons. The van der Waals surface area contributed by atoms with E-state index in [9.17, 15) is 4.79 Å². The van der Waals surface area contributed by atoms with E-state index in [0.717, 1.165) is 18.6 Å². The fourth-order valence-corrected chi connectivity index (χ4v) is 2.54. The van der Waals surface area contributed by atoms with Gasteiger partial charge in [-0.05, 0) is 31.8 Å². The summed E-state index contributed by atoms with van der Waals surface area (Å²) < 4.78 is 5.74. The molecule has 0 saturated carbocycles. The Morgan fingerprint density at radius 2 is 2.22 bits per heavy atom. The zero-order valence-electron chi connectivity index (χ0n) is 11.4. The van der Waals surface area contributed by atoms with Crippen LogP contribution in [0.25, 0.3) is 0 Å². The molecular weight excluding hydrogens is 272 g/mol. The van der Waals surface area contributed by atoms with Crippen LogP contribution in [-0.2, 0) is 9.53 Å². The number of morpholine rings is 1. The third-order valence-electron chi connectivity index (χ3n) is 3.04. The molecule has 1 saturated heterocycles. The van der Waals surface area contributed by atoms with Crippen molar-refractivity contribution in [3.05, 3.63) is 0 Å². The number of nitrogens with zero attached hydrogens (tertiary/aromatic N) is 1. The largest absolute Gasteiger partial charge is 0.372 e. The van der Waals surface area contributed by atoms with Crippen LogP contribution in [0.2, 0.25) is 0 Å². The normalized spacial score (nSPS) is 25.4. The van der Waals surface area contributed by atoms with Gasteiger partial charge in [-0.3, -0.25) is 4.79 Å². The van der Waals surface area contributed by atoms with Gasteiger partial charge >= 0.3 is 0 Å². The minimum atomic E-state index is -0.356. The summed E-state index contributed by atoms with van der Waals surface area (Å²) in [5, 5.41) is 0. The highest BCUT2D eigenvalue weighted by molar-refractivity contribution is 7.98. The SMILES string of the molecule is CCC1CN(C(=O)[C@@H](N)CCSC)CC(C)O1.Cl. The number of amides is 1. The number of ether oxygens (including phenoxy) is 1. The highest BCUT2D eigenvalue weighted by Gasteiger charge is 2.29. The third-order valence-corrected chi connectivity index (χ3v) is 3.69. The molecule has 1 amide bonds. The average Bonchev–Trinajstić information content (AvgIpc) is 2.34. The van der Waals surface area contributed by atoms with Crippen LogP contribution in [0, 0.1) is 0 Å². The molecule has 1 aliphatic rings. The van der Waals surface area contributed by atoms with Crippen LogP contribution in [0.1, 0.15) is 26.7 Å². The molecule has 0 aromatic heterocycles. The molecule has 18 heavy (non-hydrogen) atoms. The molecule has 1 rings (SSSR count). The number of hydrogen-bond donors (Lipinski definition) is 1. The van der Waals surface area contributed by atoms with E-state index in [1.54, 1.807) is 11.8 Å².